The Hall–Kier alpha value is -3.93. The van der Waals surface area contributed by atoms with Gasteiger partial charge >= 0.3 is 8.80 Å². The molecule has 1 aliphatic rings. The van der Waals surface area contributed by atoms with Gasteiger partial charge in [0.15, 0.2) is 0 Å². The fraction of sp³-hybridized carbons (Fsp3) is 0.122. The van der Waals surface area contributed by atoms with Crippen LogP contribution in [-0.4, -0.2) is 35.9 Å². The summed E-state index contributed by atoms with van der Waals surface area (Å²) in [6, 6.07) is 65.1. The maximum atomic E-state index is 7.94. The molecule has 1 saturated carbocycles. The Balaban J connectivity index is 1.44. The number of hydrogen-bond acceptors (Lipinski definition) is 3. The van der Waals surface area contributed by atoms with Crippen molar-refractivity contribution in [2.75, 3.05) is 0 Å². The molecule has 3 nitrogen and oxygen atoms in total. The Morgan fingerprint density at radius 2 is 0.542 bits per heavy atom. The van der Waals surface area contributed by atoms with Crippen molar-refractivity contribution in [3.8, 4) is 0 Å². The molecule has 0 aliphatic heterocycles. The summed E-state index contributed by atoms with van der Waals surface area (Å²) in [5.74, 6) is 0. The third kappa shape index (κ3) is 7.69. The molecule has 0 saturated heterocycles. The predicted octanol–water partition coefficient (Wildman–Crippen LogP) is 4.53. The first-order valence-corrected chi connectivity index (χ1v) is 23.8. The van der Waals surface area contributed by atoms with Crippen LogP contribution in [0.4, 0.5) is 0 Å². The van der Waals surface area contributed by atoms with E-state index in [0.29, 0.717) is 0 Å². The van der Waals surface area contributed by atoms with Crippen molar-refractivity contribution in [2.45, 2.75) is 31.2 Å². The fourth-order valence-corrected chi connectivity index (χ4v) is 24.3. The second-order valence-electron chi connectivity index (χ2n) is 12.5. The minimum atomic E-state index is -3.46. The Bertz CT molecular complexity index is 1490. The zero-order chi connectivity index (χ0) is 32.4. The van der Waals surface area contributed by atoms with Gasteiger partial charge in [-0.25, -0.2) is 0 Å². The van der Waals surface area contributed by atoms with Gasteiger partial charge in [-0.1, -0.05) is 195 Å². The van der Waals surface area contributed by atoms with Gasteiger partial charge in [0.05, 0.1) is 0 Å². The molecule has 0 spiro atoms. The second kappa shape index (κ2) is 16.0. The molecular weight excluding hydrogens is 653 g/mol. The molecule has 0 aromatic heterocycles. The molecule has 7 rings (SSSR count). The van der Waals surface area contributed by atoms with Gasteiger partial charge in [-0.05, 0) is 44.0 Å². The van der Waals surface area contributed by atoms with E-state index in [-0.39, 0.29) is 5.54 Å². The van der Waals surface area contributed by atoms with Crippen LogP contribution in [0, 0.1) is 0 Å². The maximum Gasteiger partial charge on any atom is 0.473 e. The van der Waals surface area contributed by atoms with Crippen LogP contribution >= 0.6 is 0 Å². The average molecular weight is 695 g/mol. The van der Waals surface area contributed by atoms with Gasteiger partial charge in [-0.15, -0.1) is 0 Å². The van der Waals surface area contributed by atoms with E-state index in [1.165, 1.54) is 44.0 Å². The van der Waals surface area contributed by atoms with Crippen molar-refractivity contribution >= 4 is 67.0 Å². The van der Waals surface area contributed by atoms with Gasteiger partial charge in [0.1, 0.15) is 0 Å². The molecule has 48 heavy (non-hydrogen) atoms. The van der Waals surface area contributed by atoms with Crippen molar-refractivity contribution in [3.63, 3.8) is 0 Å². The fourth-order valence-electron chi connectivity index (χ4n) is 6.90. The van der Waals surface area contributed by atoms with Gasteiger partial charge in [0.2, 0.25) is 27.1 Å². The Morgan fingerprint density at radius 3 is 0.750 bits per heavy atom. The first kappa shape index (κ1) is 32.6. The van der Waals surface area contributed by atoms with Crippen LogP contribution in [0.1, 0.15) is 25.7 Å². The van der Waals surface area contributed by atoms with E-state index in [1.54, 1.807) is 0 Å². The second-order valence-corrected chi connectivity index (χ2v) is 23.7. The molecule has 6 aromatic carbocycles. The monoisotopic (exact) mass is 694 g/mol. The van der Waals surface area contributed by atoms with Crippen LogP contribution in [0.5, 0.6) is 0 Å². The molecule has 0 N–H and O–H groups in total. The van der Waals surface area contributed by atoms with Gasteiger partial charge in [-0.3, -0.25) is 0 Å². The summed E-state index contributed by atoms with van der Waals surface area (Å²) < 4.78 is 23.8. The summed E-state index contributed by atoms with van der Waals surface area (Å²) in [6.07, 6.45) is 4.47. The van der Waals surface area contributed by atoms with E-state index in [0.717, 1.165) is 12.8 Å². The van der Waals surface area contributed by atoms with Crippen molar-refractivity contribution in [2.24, 2.45) is 0 Å². The quantitative estimate of drug-likeness (QED) is 0.167. The van der Waals surface area contributed by atoms with Crippen LogP contribution in [0.15, 0.2) is 182 Å². The Labute approximate surface area is 291 Å². The van der Waals surface area contributed by atoms with Crippen molar-refractivity contribution in [3.05, 3.63) is 182 Å². The third-order valence-electron chi connectivity index (χ3n) is 9.32. The summed E-state index contributed by atoms with van der Waals surface area (Å²) >= 11 is 0. The molecule has 0 bridgehead atoms. The third-order valence-corrected chi connectivity index (χ3v) is 23.6. The SMILES string of the molecule is c1ccc([SiH](O[Si](O[SiH](c2ccccc2)c2ccccc2)(O[SiH](c2ccccc2)c2ccccc2)C2CCCC2)c2ccccc2)cc1. The topological polar surface area (TPSA) is 27.7 Å². The highest BCUT2D eigenvalue weighted by Crippen LogP contribution is 2.41. The molecule has 1 aliphatic carbocycles. The Morgan fingerprint density at radius 1 is 0.333 bits per heavy atom. The molecule has 0 radical (unpaired) electrons. The van der Waals surface area contributed by atoms with Gasteiger partial charge < -0.3 is 12.3 Å². The summed E-state index contributed by atoms with van der Waals surface area (Å²) in [4.78, 5) is 0. The lowest BCUT2D eigenvalue weighted by atomic mass is 10.4. The highest BCUT2D eigenvalue weighted by Gasteiger charge is 2.55. The zero-order valence-electron chi connectivity index (χ0n) is 27.2. The lowest BCUT2D eigenvalue weighted by Crippen LogP contribution is -2.67. The van der Waals surface area contributed by atoms with Gasteiger partial charge in [0, 0.05) is 5.54 Å². The number of benzene rings is 6. The van der Waals surface area contributed by atoms with Crippen LogP contribution in [-0.2, 0) is 12.3 Å². The largest absolute Gasteiger partial charge is 0.473 e. The first-order valence-electron chi connectivity index (χ1n) is 17.1. The summed E-state index contributed by atoms with van der Waals surface area (Å²) in [5.41, 5.74) is 0.227. The lowest BCUT2D eigenvalue weighted by molar-refractivity contribution is 0.256. The van der Waals surface area contributed by atoms with Gasteiger partial charge in [-0.2, -0.15) is 0 Å². The van der Waals surface area contributed by atoms with Crippen LogP contribution in [0.2, 0.25) is 5.54 Å². The molecule has 0 unspecified atom stereocenters. The minimum absolute atomic E-state index is 0.227. The number of hydrogen-bond donors (Lipinski definition) is 0. The Kier molecular flexibility index (Phi) is 10.9. The van der Waals surface area contributed by atoms with E-state index in [2.05, 4.69) is 182 Å². The first-order chi connectivity index (χ1) is 23.8. The standard InChI is InChI=1S/C41H42O3Si4/c1-7-21-35(22-8-1)45(36-23-9-2-10-24-36)42-48(41-33-19-20-34-41,43-46(37-25-11-3-12-26-37)38-27-13-4-14-28-38)44-47(39-29-15-5-16-30-39)40-31-17-6-18-32-40/h1-18,21-32,41,45-47H,19-20,33-34H2. The summed E-state index contributed by atoms with van der Waals surface area (Å²) in [5, 5.41) is 7.51. The molecule has 240 valence electrons. The summed E-state index contributed by atoms with van der Waals surface area (Å²) in [6.45, 7) is 0. The average Bonchev–Trinajstić information content (AvgIpc) is 3.73. The van der Waals surface area contributed by atoms with Crippen molar-refractivity contribution in [1.82, 2.24) is 0 Å². The molecular formula is C41H42O3Si4. The smallest absolute Gasteiger partial charge is 0.410 e. The molecule has 0 atom stereocenters. The van der Waals surface area contributed by atoms with Crippen LogP contribution in [0.25, 0.3) is 0 Å². The minimum Gasteiger partial charge on any atom is -0.410 e. The number of rotatable bonds is 13. The lowest BCUT2D eigenvalue weighted by Gasteiger charge is -2.42. The van der Waals surface area contributed by atoms with E-state index in [1.807, 2.05) is 0 Å². The highest BCUT2D eigenvalue weighted by molar-refractivity contribution is 6.95. The molecule has 0 heterocycles. The van der Waals surface area contributed by atoms with E-state index >= 15 is 0 Å². The zero-order valence-corrected chi connectivity index (χ0v) is 31.6. The van der Waals surface area contributed by atoms with Crippen molar-refractivity contribution < 1.29 is 12.3 Å². The maximum absolute atomic E-state index is 7.94. The van der Waals surface area contributed by atoms with E-state index < -0.39 is 35.9 Å². The van der Waals surface area contributed by atoms with Crippen LogP contribution < -0.4 is 31.1 Å². The van der Waals surface area contributed by atoms with Crippen LogP contribution in [0.3, 0.4) is 0 Å². The predicted molar refractivity (Wildman–Crippen MR) is 209 cm³/mol. The van der Waals surface area contributed by atoms with Gasteiger partial charge in [0.25, 0.3) is 0 Å². The highest BCUT2D eigenvalue weighted by atomic mass is 28.5. The summed E-state index contributed by atoms with van der Waals surface area (Å²) in [7, 11) is -10.3. The van der Waals surface area contributed by atoms with Crippen molar-refractivity contribution in [1.29, 1.82) is 0 Å². The molecule has 7 heteroatoms. The van der Waals surface area contributed by atoms with E-state index in [9.17, 15) is 0 Å². The molecule has 6 aromatic rings. The normalized spacial score (nSPS) is 13.8. The van der Waals surface area contributed by atoms with E-state index in [4.69, 9.17) is 12.3 Å². The molecule has 0 amide bonds. The molecule has 1 fully saturated rings.